The van der Waals surface area contributed by atoms with Crippen molar-refractivity contribution in [3.63, 3.8) is 0 Å². The van der Waals surface area contributed by atoms with Crippen molar-refractivity contribution >= 4 is 21.8 Å². The second-order valence-corrected chi connectivity index (χ2v) is 5.52. The second-order valence-electron chi connectivity index (χ2n) is 4.60. The quantitative estimate of drug-likeness (QED) is 0.875. The third-order valence-electron chi connectivity index (χ3n) is 2.77. The normalized spacial score (nSPS) is 16.2. The highest BCUT2D eigenvalue weighted by atomic mass is 79.9. The Morgan fingerprint density at radius 1 is 1.61 bits per heavy atom. The maximum absolute atomic E-state index is 11.6. The molecule has 1 amide bonds. The van der Waals surface area contributed by atoms with E-state index < -0.39 is 0 Å². The maximum atomic E-state index is 11.6. The zero-order valence-corrected chi connectivity index (χ0v) is 11.9. The Kier molecular flexibility index (Phi) is 4.24. The molecule has 1 aliphatic carbocycles. The van der Waals surface area contributed by atoms with Crippen LogP contribution in [-0.4, -0.2) is 18.6 Å². The Hall–Kier alpha value is -1.07. The van der Waals surface area contributed by atoms with Crippen LogP contribution in [0.2, 0.25) is 0 Å². The number of nitrogens with one attached hydrogen (secondary N) is 1. The summed E-state index contributed by atoms with van der Waals surface area (Å²) in [7, 11) is 0. The van der Waals surface area contributed by atoms with Crippen LogP contribution in [0.25, 0.3) is 0 Å². The van der Waals surface area contributed by atoms with Crippen LogP contribution in [0.5, 0.6) is 5.75 Å². The number of benzene rings is 1. The van der Waals surface area contributed by atoms with Crippen molar-refractivity contribution in [2.75, 3.05) is 6.61 Å². The number of hydrogen-bond donors (Lipinski definition) is 2. The van der Waals surface area contributed by atoms with Gasteiger partial charge in [-0.15, -0.1) is 0 Å². The van der Waals surface area contributed by atoms with Gasteiger partial charge in [0, 0.05) is 22.1 Å². The van der Waals surface area contributed by atoms with Gasteiger partial charge < -0.3 is 15.8 Å². The minimum atomic E-state index is -0.125. The van der Waals surface area contributed by atoms with E-state index >= 15 is 0 Å². The van der Waals surface area contributed by atoms with Gasteiger partial charge in [0.15, 0.2) is 6.61 Å². The first-order chi connectivity index (χ1) is 8.56. The molecule has 1 saturated carbocycles. The van der Waals surface area contributed by atoms with Gasteiger partial charge in [0.2, 0.25) is 0 Å². The summed E-state index contributed by atoms with van der Waals surface area (Å²) in [6.45, 7) is 1.92. The third-order valence-corrected chi connectivity index (χ3v) is 3.26. The van der Waals surface area contributed by atoms with Crippen molar-refractivity contribution < 1.29 is 9.53 Å². The van der Waals surface area contributed by atoms with Gasteiger partial charge in [-0.25, -0.2) is 0 Å². The molecule has 0 bridgehead atoms. The highest BCUT2D eigenvalue weighted by Gasteiger charge is 2.23. The number of halogens is 1. The lowest BCUT2D eigenvalue weighted by Gasteiger charge is -2.14. The van der Waals surface area contributed by atoms with E-state index in [2.05, 4.69) is 21.2 Å². The molecular formula is C13H17BrN2O2. The molecule has 1 aliphatic rings. The monoisotopic (exact) mass is 312 g/mol. The molecule has 0 saturated heterocycles. The number of carbonyl (C=O) groups is 1. The van der Waals surface area contributed by atoms with E-state index in [-0.39, 0.29) is 18.6 Å². The molecule has 2 rings (SSSR count). The van der Waals surface area contributed by atoms with E-state index in [1.54, 1.807) is 0 Å². The molecular weight excluding hydrogens is 296 g/mol. The van der Waals surface area contributed by atoms with Gasteiger partial charge in [-0.2, -0.15) is 0 Å². The standard InChI is InChI=1S/C13H17BrN2O2/c1-8(15)11-5-2-9(14)6-12(11)18-7-13(17)16-10-3-4-10/h2,5-6,8,10H,3-4,7,15H2,1H3,(H,16,17)/t8-/m0/s1. The van der Waals surface area contributed by atoms with Crippen molar-refractivity contribution in [1.82, 2.24) is 5.32 Å². The SMILES string of the molecule is C[C@H](N)c1ccc(Br)cc1OCC(=O)NC1CC1. The largest absolute Gasteiger partial charge is 0.483 e. The lowest BCUT2D eigenvalue weighted by molar-refractivity contribution is -0.123. The van der Waals surface area contributed by atoms with E-state index in [0.29, 0.717) is 11.8 Å². The molecule has 0 aliphatic heterocycles. The number of ether oxygens (including phenoxy) is 1. The molecule has 0 aromatic heterocycles. The Morgan fingerprint density at radius 2 is 2.33 bits per heavy atom. The van der Waals surface area contributed by atoms with Crippen LogP contribution in [0.4, 0.5) is 0 Å². The molecule has 4 nitrogen and oxygen atoms in total. The summed E-state index contributed by atoms with van der Waals surface area (Å²) in [4.78, 5) is 11.6. The summed E-state index contributed by atoms with van der Waals surface area (Å²) in [6, 6.07) is 5.89. The summed E-state index contributed by atoms with van der Waals surface area (Å²) < 4.78 is 6.45. The van der Waals surface area contributed by atoms with Gasteiger partial charge in [-0.3, -0.25) is 4.79 Å². The first-order valence-electron chi connectivity index (χ1n) is 6.03. The van der Waals surface area contributed by atoms with Crippen LogP contribution in [0.3, 0.4) is 0 Å². The van der Waals surface area contributed by atoms with Gasteiger partial charge in [0.05, 0.1) is 0 Å². The number of nitrogens with two attached hydrogens (primary N) is 1. The Bertz CT molecular complexity index is 445. The minimum absolute atomic E-state index is 0.0344. The molecule has 0 spiro atoms. The average Bonchev–Trinajstić information content (AvgIpc) is 3.10. The smallest absolute Gasteiger partial charge is 0.258 e. The number of amides is 1. The first-order valence-corrected chi connectivity index (χ1v) is 6.83. The highest BCUT2D eigenvalue weighted by molar-refractivity contribution is 9.10. The maximum Gasteiger partial charge on any atom is 0.258 e. The minimum Gasteiger partial charge on any atom is -0.483 e. The fourth-order valence-electron chi connectivity index (χ4n) is 1.65. The third kappa shape index (κ3) is 3.71. The Morgan fingerprint density at radius 3 is 2.94 bits per heavy atom. The topological polar surface area (TPSA) is 64.3 Å². The summed E-state index contributed by atoms with van der Waals surface area (Å²) in [5.74, 6) is 0.582. The van der Waals surface area contributed by atoms with E-state index in [1.807, 2.05) is 25.1 Å². The van der Waals surface area contributed by atoms with Gasteiger partial charge in [0.25, 0.3) is 5.91 Å². The summed E-state index contributed by atoms with van der Waals surface area (Å²) in [5, 5.41) is 2.88. The van der Waals surface area contributed by atoms with E-state index in [0.717, 1.165) is 22.9 Å². The van der Waals surface area contributed by atoms with E-state index in [9.17, 15) is 4.79 Å². The molecule has 0 unspecified atom stereocenters. The molecule has 1 atom stereocenters. The molecule has 1 aromatic rings. The number of rotatable bonds is 5. The van der Waals surface area contributed by atoms with Crippen LogP contribution in [0.1, 0.15) is 31.4 Å². The molecule has 0 heterocycles. The van der Waals surface area contributed by atoms with Crippen molar-refractivity contribution in [1.29, 1.82) is 0 Å². The lowest BCUT2D eigenvalue weighted by Crippen LogP contribution is -2.30. The lowest BCUT2D eigenvalue weighted by atomic mass is 10.1. The molecule has 18 heavy (non-hydrogen) atoms. The summed E-state index contributed by atoms with van der Waals surface area (Å²) >= 11 is 3.38. The van der Waals surface area contributed by atoms with Crippen molar-refractivity contribution in [3.8, 4) is 5.75 Å². The zero-order chi connectivity index (χ0) is 13.1. The summed E-state index contributed by atoms with van der Waals surface area (Å²) in [6.07, 6.45) is 2.15. The number of hydrogen-bond acceptors (Lipinski definition) is 3. The van der Waals surface area contributed by atoms with E-state index in [4.69, 9.17) is 10.5 Å². The molecule has 3 N–H and O–H groups in total. The zero-order valence-electron chi connectivity index (χ0n) is 10.3. The van der Waals surface area contributed by atoms with Crippen LogP contribution in [-0.2, 0) is 4.79 Å². The highest BCUT2D eigenvalue weighted by Crippen LogP contribution is 2.27. The fraction of sp³-hybridized carbons (Fsp3) is 0.462. The predicted molar refractivity (Wildman–Crippen MR) is 73.4 cm³/mol. The number of carbonyl (C=O) groups excluding carboxylic acids is 1. The van der Waals surface area contributed by atoms with Gasteiger partial charge >= 0.3 is 0 Å². The van der Waals surface area contributed by atoms with Crippen LogP contribution in [0.15, 0.2) is 22.7 Å². The Balaban J connectivity index is 1.98. The predicted octanol–water partition coefficient (Wildman–Crippen LogP) is 2.13. The molecule has 1 fully saturated rings. The van der Waals surface area contributed by atoms with Crippen LogP contribution in [0, 0.1) is 0 Å². The molecule has 5 heteroatoms. The molecule has 98 valence electrons. The van der Waals surface area contributed by atoms with Crippen molar-refractivity contribution in [2.24, 2.45) is 5.73 Å². The molecule has 1 aromatic carbocycles. The van der Waals surface area contributed by atoms with Crippen molar-refractivity contribution in [3.05, 3.63) is 28.2 Å². The van der Waals surface area contributed by atoms with Crippen molar-refractivity contribution in [2.45, 2.75) is 31.8 Å². The van der Waals surface area contributed by atoms with Crippen LogP contribution >= 0.6 is 15.9 Å². The molecule has 0 radical (unpaired) electrons. The second kappa shape index (κ2) is 5.71. The summed E-state index contributed by atoms with van der Waals surface area (Å²) in [5.41, 5.74) is 6.77. The average molecular weight is 313 g/mol. The van der Waals surface area contributed by atoms with E-state index in [1.165, 1.54) is 0 Å². The van der Waals surface area contributed by atoms with Gasteiger partial charge in [0.1, 0.15) is 5.75 Å². The van der Waals surface area contributed by atoms with Gasteiger partial charge in [-0.1, -0.05) is 22.0 Å². The van der Waals surface area contributed by atoms with Crippen LogP contribution < -0.4 is 15.8 Å². The first kappa shape index (κ1) is 13.4. The fourth-order valence-corrected chi connectivity index (χ4v) is 1.99. The Labute approximate surface area is 115 Å². The van der Waals surface area contributed by atoms with Gasteiger partial charge in [-0.05, 0) is 31.9 Å².